The average molecular weight is 288 g/mol. The van der Waals surface area contributed by atoms with E-state index in [0.717, 1.165) is 12.8 Å². The second-order valence-corrected chi connectivity index (χ2v) is 5.94. The number of carbonyl (C=O) groups excluding carboxylic acids is 2. The lowest BCUT2D eigenvalue weighted by atomic mass is 10.00. The third-order valence-electron chi connectivity index (χ3n) is 4.34. The molecule has 0 bridgehead atoms. The van der Waals surface area contributed by atoms with Gasteiger partial charge in [-0.2, -0.15) is 0 Å². The zero-order valence-electron chi connectivity index (χ0n) is 12.1. The first-order valence-corrected chi connectivity index (χ1v) is 7.42. The molecule has 1 aromatic carbocycles. The zero-order chi connectivity index (χ0) is 15.0. The van der Waals surface area contributed by atoms with Gasteiger partial charge in [-0.1, -0.05) is 13.0 Å². The summed E-state index contributed by atoms with van der Waals surface area (Å²) in [7, 11) is 0. The van der Waals surface area contributed by atoms with Gasteiger partial charge in [-0.3, -0.25) is 9.59 Å². The van der Waals surface area contributed by atoms with Gasteiger partial charge in [0, 0.05) is 12.6 Å². The molecule has 1 aromatic rings. The van der Waals surface area contributed by atoms with E-state index in [1.807, 2.05) is 0 Å². The quantitative estimate of drug-likeness (QED) is 0.853. The maximum Gasteiger partial charge on any atom is 0.237 e. The largest absolute Gasteiger partial charge is 0.492 e. The number of ether oxygens (including phenoxy) is 1. The van der Waals surface area contributed by atoms with E-state index in [9.17, 15) is 9.59 Å². The Morgan fingerprint density at radius 1 is 1.24 bits per heavy atom. The highest BCUT2D eigenvalue weighted by Gasteiger charge is 2.52. The van der Waals surface area contributed by atoms with Crippen LogP contribution in [0.5, 0.6) is 5.75 Å². The van der Waals surface area contributed by atoms with Crippen molar-refractivity contribution < 1.29 is 14.3 Å². The summed E-state index contributed by atoms with van der Waals surface area (Å²) in [5.74, 6) is 0.677. The van der Waals surface area contributed by atoms with Gasteiger partial charge in [-0.25, -0.2) is 4.90 Å². The van der Waals surface area contributed by atoms with Crippen molar-refractivity contribution in [2.75, 3.05) is 18.1 Å². The highest BCUT2D eigenvalue weighted by Crippen LogP contribution is 2.44. The Morgan fingerprint density at radius 3 is 2.52 bits per heavy atom. The summed E-state index contributed by atoms with van der Waals surface area (Å²) in [6.45, 7) is 2.94. The van der Waals surface area contributed by atoms with Crippen molar-refractivity contribution in [3.8, 4) is 5.75 Å². The number of hydrogen-bond donors (Lipinski definition) is 1. The maximum atomic E-state index is 12.5. The summed E-state index contributed by atoms with van der Waals surface area (Å²) in [6.07, 6.45) is 1.63. The Hall–Kier alpha value is -1.88. The fourth-order valence-corrected chi connectivity index (χ4v) is 3.42. The van der Waals surface area contributed by atoms with Gasteiger partial charge in [0.25, 0.3) is 0 Å². The Balaban J connectivity index is 1.84. The topological polar surface area (TPSA) is 72.6 Å². The molecule has 1 saturated carbocycles. The molecule has 1 aliphatic heterocycles. The van der Waals surface area contributed by atoms with Gasteiger partial charge in [0.05, 0.1) is 17.5 Å². The van der Waals surface area contributed by atoms with Crippen LogP contribution in [0.25, 0.3) is 0 Å². The molecule has 2 atom stereocenters. The number of nitrogens with zero attached hydrogens (tertiary/aromatic N) is 1. The van der Waals surface area contributed by atoms with Gasteiger partial charge in [0.1, 0.15) is 12.4 Å². The molecule has 2 amide bonds. The average Bonchev–Trinajstić information content (AvgIpc) is 2.96. The van der Waals surface area contributed by atoms with E-state index in [1.165, 1.54) is 4.90 Å². The van der Waals surface area contributed by atoms with Crippen molar-refractivity contribution in [3.05, 3.63) is 24.3 Å². The minimum absolute atomic E-state index is 0.0645. The van der Waals surface area contributed by atoms with Gasteiger partial charge in [-0.05, 0) is 30.9 Å². The number of hydrogen-bond acceptors (Lipinski definition) is 4. The van der Waals surface area contributed by atoms with Gasteiger partial charge in [-0.15, -0.1) is 0 Å². The number of anilines is 1. The van der Waals surface area contributed by atoms with E-state index in [-0.39, 0.29) is 23.7 Å². The van der Waals surface area contributed by atoms with Crippen molar-refractivity contribution >= 4 is 17.5 Å². The van der Waals surface area contributed by atoms with Crippen molar-refractivity contribution in [2.24, 2.45) is 23.5 Å². The number of benzene rings is 1. The first kappa shape index (κ1) is 14.1. The van der Waals surface area contributed by atoms with Gasteiger partial charge >= 0.3 is 0 Å². The molecule has 0 spiro atoms. The monoisotopic (exact) mass is 288 g/mol. The van der Waals surface area contributed by atoms with Crippen molar-refractivity contribution in [3.63, 3.8) is 0 Å². The molecule has 2 unspecified atom stereocenters. The molecule has 1 aliphatic carbocycles. The van der Waals surface area contributed by atoms with E-state index < -0.39 is 0 Å². The molecule has 5 nitrogen and oxygen atoms in total. The van der Waals surface area contributed by atoms with Crippen LogP contribution in [0.4, 0.5) is 5.69 Å². The van der Waals surface area contributed by atoms with E-state index in [2.05, 4.69) is 6.92 Å². The Kier molecular flexibility index (Phi) is 3.68. The predicted octanol–water partition coefficient (Wildman–Crippen LogP) is 1.56. The Labute approximate surface area is 124 Å². The molecular formula is C16H20N2O3. The lowest BCUT2D eigenvalue weighted by molar-refractivity contribution is -0.123. The standard InChI is InChI=1S/C16H20N2O3/c1-10-7-13-14(8-10)16(20)18(15(13)19)11-3-2-4-12(9-11)21-6-5-17/h2-4,9-10,13-14H,5-8,17H2,1H3. The van der Waals surface area contributed by atoms with Crippen LogP contribution in [0.1, 0.15) is 19.8 Å². The van der Waals surface area contributed by atoms with Crippen LogP contribution in [-0.4, -0.2) is 25.0 Å². The molecule has 1 saturated heterocycles. The highest BCUT2D eigenvalue weighted by molar-refractivity contribution is 6.22. The molecule has 112 valence electrons. The highest BCUT2D eigenvalue weighted by atomic mass is 16.5. The lowest BCUT2D eigenvalue weighted by Gasteiger charge is -2.17. The molecule has 0 aromatic heterocycles. The van der Waals surface area contributed by atoms with E-state index in [4.69, 9.17) is 10.5 Å². The minimum Gasteiger partial charge on any atom is -0.492 e. The fraction of sp³-hybridized carbons (Fsp3) is 0.500. The summed E-state index contributed by atoms with van der Waals surface area (Å²) >= 11 is 0. The zero-order valence-corrected chi connectivity index (χ0v) is 12.1. The molecule has 2 fully saturated rings. The molecule has 5 heteroatoms. The second-order valence-electron chi connectivity index (χ2n) is 5.94. The maximum absolute atomic E-state index is 12.5. The number of carbonyl (C=O) groups is 2. The lowest BCUT2D eigenvalue weighted by Crippen LogP contribution is -2.32. The van der Waals surface area contributed by atoms with Crippen LogP contribution in [0.2, 0.25) is 0 Å². The third kappa shape index (κ3) is 2.42. The normalized spacial score (nSPS) is 28.1. The Morgan fingerprint density at radius 2 is 1.90 bits per heavy atom. The first-order chi connectivity index (χ1) is 10.1. The van der Waals surface area contributed by atoms with E-state index in [0.29, 0.717) is 30.5 Å². The van der Waals surface area contributed by atoms with Crippen LogP contribution in [-0.2, 0) is 9.59 Å². The summed E-state index contributed by atoms with van der Waals surface area (Å²) < 4.78 is 5.46. The summed E-state index contributed by atoms with van der Waals surface area (Å²) in [5, 5.41) is 0. The van der Waals surface area contributed by atoms with Crippen molar-refractivity contribution in [1.82, 2.24) is 0 Å². The van der Waals surface area contributed by atoms with Gasteiger partial charge in [0.15, 0.2) is 0 Å². The molecule has 0 radical (unpaired) electrons. The first-order valence-electron chi connectivity index (χ1n) is 7.42. The summed E-state index contributed by atoms with van der Waals surface area (Å²) in [6, 6.07) is 7.09. The molecule has 21 heavy (non-hydrogen) atoms. The second kappa shape index (κ2) is 5.48. The van der Waals surface area contributed by atoms with Crippen LogP contribution in [0.15, 0.2) is 24.3 Å². The van der Waals surface area contributed by atoms with Crippen molar-refractivity contribution in [1.29, 1.82) is 0 Å². The predicted molar refractivity (Wildman–Crippen MR) is 78.9 cm³/mol. The summed E-state index contributed by atoms with van der Waals surface area (Å²) in [5.41, 5.74) is 6.01. The van der Waals surface area contributed by atoms with E-state index >= 15 is 0 Å². The van der Waals surface area contributed by atoms with E-state index in [1.54, 1.807) is 24.3 Å². The number of imide groups is 1. The SMILES string of the molecule is CC1CC2C(=O)N(c3cccc(OCCN)c3)C(=O)C2C1. The molecule has 3 rings (SSSR count). The molecular weight excluding hydrogens is 268 g/mol. The summed E-state index contributed by atoms with van der Waals surface area (Å²) in [4.78, 5) is 26.4. The smallest absolute Gasteiger partial charge is 0.237 e. The number of amides is 2. The van der Waals surface area contributed by atoms with Gasteiger partial charge in [0.2, 0.25) is 11.8 Å². The number of rotatable bonds is 4. The van der Waals surface area contributed by atoms with Crippen LogP contribution < -0.4 is 15.4 Å². The molecule has 2 N–H and O–H groups in total. The number of fused-ring (bicyclic) bond motifs is 1. The number of nitrogens with two attached hydrogens (primary N) is 1. The Bertz CT molecular complexity index is 548. The molecule has 2 aliphatic rings. The van der Waals surface area contributed by atoms with Crippen LogP contribution in [0, 0.1) is 17.8 Å². The minimum atomic E-state index is -0.138. The van der Waals surface area contributed by atoms with Crippen LogP contribution in [0.3, 0.4) is 0 Å². The third-order valence-corrected chi connectivity index (χ3v) is 4.34. The van der Waals surface area contributed by atoms with Crippen LogP contribution >= 0.6 is 0 Å². The molecule has 1 heterocycles. The fourth-order valence-electron chi connectivity index (χ4n) is 3.42. The van der Waals surface area contributed by atoms with Gasteiger partial charge < -0.3 is 10.5 Å². The van der Waals surface area contributed by atoms with Crippen molar-refractivity contribution in [2.45, 2.75) is 19.8 Å².